The van der Waals surface area contributed by atoms with Crippen LogP contribution in [-0.4, -0.2) is 48.2 Å². The van der Waals surface area contributed by atoms with E-state index >= 15 is 0 Å². The zero-order valence-electron chi connectivity index (χ0n) is 10.1. The second kappa shape index (κ2) is 6.34. The molecule has 0 atom stereocenters. The fraction of sp³-hybridized carbons (Fsp3) is 0.727. The van der Waals surface area contributed by atoms with Crippen molar-refractivity contribution in [3.63, 3.8) is 0 Å². The van der Waals surface area contributed by atoms with Crippen molar-refractivity contribution in [3.8, 4) is 0 Å². The van der Waals surface area contributed by atoms with Crippen molar-refractivity contribution in [2.75, 3.05) is 19.6 Å². The van der Waals surface area contributed by atoms with E-state index in [1.165, 1.54) is 6.92 Å². The zero-order chi connectivity index (χ0) is 12.8. The molecule has 1 rings (SSSR count). The van der Waals surface area contributed by atoms with E-state index in [-0.39, 0.29) is 36.6 Å². The molecule has 0 spiro atoms. The molecule has 96 valence electrons. The molecular weight excluding hydrogens is 222 g/mol. The number of likely N-dealkylation sites (tertiary alicyclic amines) is 1. The Hall–Kier alpha value is -1.43. The summed E-state index contributed by atoms with van der Waals surface area (Å²) in [5.41, 5.74) is 5.11. The molecule has 1 aliphatic rings. The minimum atomic E-state index is -0.330. The molecule has 0 bridgehead atoms. The minimum absolute atomic E-state index is 0.0541. The molecule has 0 aliphatic carbocycles. The Morgan fingerprint density at radius 1 is 1.29 bits per heavy atom. The van der Waals surface area contributed by atoms with Crippen molar-refractivity contribution in [1.82, 2.24) is 10.2 Å². The van der Waals surface area contributed by atoms with Crippen molar-refractivity contribution in [1.29, 1.82) is 0 Å². The molecule has 6 heteroatoms. The number of hydrogen-bond donors (Lipinski definition) is 2. The first-order valence-electron chi connectivity index (χ1n) is 5.77. The van der Waals surface area contributed by atoms with Gasteiger partial charge in [0.1, 0.15) is 5.78 Å². The third-order valence-corrected chi connectivity index (χ3v) is 2.74. The van der Waals surface area contributed by atoms with Crippen LogP contribution < -0.4 is 11.1 Å². The molecule has 1 fully saturated rings. The molecule has 2 amide bonds. The zero-order valence-corrected chi connectivity index (χ0v) is 10.1. The molecule has 1 saturated heterocycles. The van der Waals surface area contributed by atoms with E-state index in [4.69, 9.17) is 5.73 Å². The number of carbonyl (C=O) groups excluding carboxylic acids is 3. The van der Waals surface area contributed by atoms with Crippen LogP contribution in [0.25, 0.3) is 0 Å². The van der Waals surface area contributed by atoms with E-state index in [1.807, 2.05) is 4.90 Å². The number of primary amides is 1. The maximum absolute atomic E-state index is 11.4. The number of Topliss-reactive ketones (excluding diaryl/α,β-unsaturated/α-hetero) is 1. The lowest BCUT2D eigenvalue weighted by Crippen LogP contribution is -2.46. The molecule has 0 radical (unpaired) electrons. The summed E-state index contributed by atoms with van der Waals surface area (Å²) in [6.07, 6.45) is 1.52. The van der Waals surface area contributed by atoms with Crippen LogP contribution in [0.5, 0.6) is 0 Å². The van der Waals surface area contributed by atoms with Gasteiger partial charge in [-0.25, -0.2) is 0 Å². The fourth-order valence-electron chi connectivity index (χ4n) is 1.96. The van der Waals surface area contributed by atoms with E-state index < -0.39 is 0 Å². The summed E-state index contributed by atoms with van der Waals surface area (Å²) in [6, 6.07) is 0.103. The predicted octanol–water partition coefficient (Wildman–Crippen LogP) is -0.969. The van der Waals surface area contributed by atoms with Crippen LogP contribution in [0.2, 0.25) is 0 Å². The second-order valence-corrected chi connectivity index (χ2v) is 4.46. The first-order valence-corrected chi connectivity index (χ1v) is 5.77. The monoisotopic (exact) mass is 241 g/mol. The maximum Gasteiger partial charge on any atom is 0.231 e. The maximum atomic E-state index is 11.4. The van der Waals surface area contributed by atoms with Gasteiger partial charge < -0.3 is 11.1 Å². The van der Waals surface area contributed by atoms with E-state index in [0.29, 0.717) is 0 Å². The predicted molar refractivity (Wildman–Crippen MR) is 62.1 cm³/mol. The Balaban J connectivity index is 2.25. The number of piperidine rings is 1. The van der Waals surface area contributed by atoms with Gasteiger partial charge in [0.05, 0.1) is 13.0 Å². The third-order valence-electron chi connectivity index (χ3n) is 2.74. The Kier molecular flexibility index (Phi) is 5.09. The molecular formula is C11H19N3O3. The number of nitrogens with zero attached hydrogens (tertiary/aromatic N) is 1. The molecule has 0 aromatic rings. The van der Waals surface area contributed by atoms with Gasteiger partial charge in [0, 0.05) is 19.1 Å². The third kappa shape index (κ3) is 5.44. The summed E-state index contributed by atoms with van der Waals surface area (Å²) in [4.78, 5) is 34.8. The van der Waals surface area contributed by atoms with Gasteiger partial charge in [0.2, 0.25) is 11.8 Å². The molecule has 17 heavy (non-hydrogen) atoms. The first-order chi connectivity index (χ1) is 7.97. The lowest BCUT2D eigenvalue weighted by Gasteiger charge is -2.31. The minimum Gasteiger partial charge on any atom is -0.369 e. The number of carbonyl (C=O) groups is 3. The smallest absolute Gasteiger partial charge is 0.231 e. The topological polar surface area (TPSA) is 92.5 Å². The Morgan fingerprint density at radius 2 is 1.88 bits per heavy atom. The van der Waals surface area contributed by atoms with Crippen LogP contribution in [0.15, 0.2) is 0 Å². The van der Waals surface area contributed by atoms with Crippen LogP contribution in [0.1, 0.15) is 26.2 Å². The highest BCUT2D eigenvalue weighted by molar-refractivity contribution is 5.96. The Morgan fingerprint density at radius 3 is 2.35 bits per heavy atom. The molecule has 1 heterocycles. The molecule has 0 unspecified atom stereocenters. The second-order valence-electron chi connectivity index (χ2n) is 4.46. The first kappa shape index (κ1) is 13.6. The number of hydrogen-bond acceptors (Lipinski definition) is 4. The van der Waals surface area contributed by atoms with Gasteiger partial charge in [-0.3, -0.25) is 19.3 Å². The standard InChI is InChI=1S/C11H19N3O3/c1-8(15)6-11(17)13-9-2-4-14(5-3-9)7-10(12)16/h9H,2-7H2,1H3,(H2,12,16)(H,13,17). The SMILES string of the molecule is CC(=O)CC(=O)NC1CCN(CC(N)=O)CC1. The van der Waals surface area contributed by atoms with E-state index in [9.17, 15) is 14.4 Å². The van der Waals surface area contributed by atoms with E-state index in [1.54, 1.807) is 0 Å². The molecule has 1 aliphatic heterocycles. The van der Waals surface area contributed by atoms with Gasteiger partial charge >= 0.3 is 0 Å². The van der Waals surface area contributed by atoms with Gasteiger partial charge in [0.25, 0.3) is 0 Å². The van der Waals surface area contributed by atoms with Crippen LogP contribution >= 0.6 is 0 Å². The van der Waals surface area contributed by atoms with Crippen LogP contribution in [0.3, 0.4) is 0 Å². The molecule has 6 nitrogen and oxygen atoms in total. The average molecular weight is 241 g/mol. The van der Waals surface area contributed by atoms with Crippen molar-refractivity contribution in [3.05, 3.63) is 0 Å². The average Bonchev–Trinajstić information content (AvgIpc) is 2.18. The van der Waals surface area contributed by atoms with Crippen LogP contribution in [-0.2, 0) is 14.4 Å². The highest BCUT2D eigenvalue weighted by Crippen LogP contribution is 2.09. The van der Waals surface area contributed by atoms with Crippen LogP contribution in [0.4, 0.5) is 0 Å². The van der Waals surface area contributed by atoms with Gasteiger partial charge in [-0.2, -0.15) is 0 Å². The summed E-state index contributed by atoms with van der Waals surface area (Å²) >= 11 is 0. The van der Waals surface area contributed by atoms with Gasteiger partial charge in [-0.1, -0.05) is 0 Å². The lowest BCUT2D eigenvalue weighted by atomic mass is 10.0. The number of nitrogens with one attached hydrogen (secondary N) is 1. The van der Waals surface area contributed by atoms with Gasteiger partial charge in [0.15, 0.2) is 0 Å². The van der Waals surface area contributed by atoms with Crippen LogP contribution in [0, 0.1) is 0 Å². The highest BCUT2D eigenvalue weighted by Gasteiger charge is 2.21. The van der Waals surface area contributed by atoms with Gasteiger partial charge in [-0.05, 0) is 19.8 Å². The summed E-state index contributed by atoms with van der Waals surface area (Å²) in [7, 11) is 0. The molecule has 0 saturated carbocycles. The summed E-state index contributed by atoms with van der Waals surface area (Å²) in [5, 5.41) is 2.82. The van der Waals surface area contributed by atoms with Crippen molar-refractivity contribution < 1.29 is 14.4 Å². The Labute approximate surface area is 101 Å². The summed E-state index contributed by atoms with van der Waals surface area (Å²) in [6.45, 7) is 3.16. The largest absolute Gasteiger partial charge is 0.369 e. The van der Waals surface area contributed by atoms with Gasteiger partial charge in [-0.15, -0.1) is 0 Å². The normalized spacial score (nSPS) is 17.7. The summed E-state index contributed by atoms with van der Waals surface area (Å²) < 4.78 is 0. The highest BCUT2D eigenvalue weighted by atomic mass is 16.2. The fourth-order valence-corrected chi connectivity index (χ4v) is 1.96. The molecule has 0 aromatic carbocycles. The number of ketones is 1. The Bertz CT molecular complexity index is 309. The van der Waals surface area contributed by atoms with E-state index in [2.05, 4.69) is 5.32 Å². The number of amides is 2. The quantitative estimate of drug-likeness (QED) is 0.606. The van der Waals surface area contributed by atoms with Crippen molar-refractivity contribution in [2.45, 2.75) is 32.2 Å². The number of rotatable bonds is 5. The lowest BCUT2D eigenvalue weighted by molar-refractivity contribution is -0.128. The van der Waals surface area contributed by atoms with E-state index in [0.717, 1.165) is 25.9 Å². The number of nitrogens with two attached hydrogens (primary N) is 1. The molecule has 3 N–H and O–H groups in total. The summed E-state index contributed by atoms with van der Waals surface area (Å²) in [5.74, 6) is -0.677. The van der Waals surface area contributed by atoms with Crippen molar-refractivity contribution >= 4 is 17.6 Å². The van der Waals surface area contributed by atoms with Crippen molar-refractivity contribution in [2.24, 2.45) is 5.73 Å². The molecule has 0 aromatic heterocycles.